The Balaban J connectivity index is 2.57. The maximum Gasteiger partial charge on any atom is 0.0701 e. The van der Waals surface area contributed by atoms with Crippen LogP contribution in [0.5, 0.6) is 0 Å². The van der Waals surface area contributed by atoms with E-state index in [2.05, 4.69) is 77.1 Å². The van der Waals surface area contributed by atoms with Crippen LogP contribution in [0, 0.1) is 27.7 Å². The van der Waals surface area contributed by atoms with E-state index in [0.717, 1.165) is 0 Å². The Morgan fingerprint density at radius 1 is 1.00 bits per heavy atom. The van der Waals surface area contributed by atoms with E-state index in [-0.39, 0.29) is 4.83 Å². The molecule has 2 aromatic rings. The highest BCUT2D eigenvalue weighted by molar-refractivity contribution is 9.11. The Labute approximate surface area is 130 Å². The van der Waals surface area contributed by atoms with Gasteiger partial charge in [-0.15, -0.1) is 11.3 Å². The first kappa shape index (κ1) is 14.3. The summed E-state index contributed by atoms with van der Waals surface area (Å²) in [6.07, 6.45) is 0. The summed E-state index contributed by atoms with van der Waals surface area (Å²) in [6.45, 7) is 8.81. The SMILES string of the molecule is Cc1cc(C)c(C)c(C(Br)c2csc(Br)c2)c1C. The Kier molecular flexibility index (Phi) is 4.35. The first-order valence-corrected chi connectivity index (χ1v) is 8.46. The minimum Gasteiger partial charge on any atom is -0.136 e. The van der Waals surface area contributed by atoms with E-state index in [0.29, 0.717) is 0 Å². The van der Waals surface area contributed by atoms with Gasteiger partial charge < -0.3 is 0 Å². The van der Waals surface area contributed by atoms with Crippen molar-refractivity contribution in [2.45, 2.75) is 32.5 Å². The number of halogens is 2. The van der Waals surface area contributed by atoms with E-state index in [1.165, 1.54) is 37.2 Å². The van der Waals surface area contributed by atoms with Crippen molar-refractivity contribution in [2.75, 3.05) is 0 Å². The molecule has 0 aliphatic heterocycles. The van der Waals surface area contributed by atoms with Gasteiger partial charge in [-0.05, 0) is 88.5 Å². The lowest BCUT2D eigenvalue weighted by Gasteiger charge is -2.19. The molecule has 0 spiro atoms. The highest BCUT2D eigenvalue weighted by atomic mass is 79.9. The Morgan fingerprint density at radius 2 is 1.56 bits per heavy atom. The largest absolute Gasteiger partial charge is 0.136 e. The first-order chi connectivity index (χ1) is 8.41. The molecule has 0 aliphatic rings. The summed E-state index contributed by atoms with van der Waals surface area (Å²) >= 11 is 9.13. The predicted molar refractivity (Wildman–Crippen MR) is 88.2 cm³/mol. The number of benzene rings is 1. The molecule has 0 saturated carbocycles. The lowest BCUT2D eigenvalue weighted by atomic mass is 9.91. The maximum absolute atomic E-state index is 3.86. The molecule has 0 amide bonds. The van der Waals surface area contributed by atoms with E-state index < -0.39 is 0 Å². The molecule has 18 heavy (non-hydrogen) atoms. The van der Waals surface area contributed by atoms with Crippen molar-refractivity contribution in [1.82, 2.24) is 0 Å². The number of thiophene rings is 1. The monoisotopic (exact) mass is 386 g/mol. The van der Waals surface area contributed by atoms with Gasteiger partial charge in [-0.3, -0.25) is 0 Å². The van der Waals surface area contributed by atoms with E-state index in [9.17, 15) is 0 Å². The van der Waals surface area contributed by atoms with Crippen LogP contribution in [0.2, 0.25) is 0 Å². The van der Waals surface area contributed by atoms with Crippen LogP contribution >= 0.6 is 43.2 Å². The highest BCUT2D eigenvalue weighted by Gasteiger charge is 2.18. The molecule has 2 rings (SSSR count). The molecule has 0 bridgehead atoms. The lowest BCUT2D eigenvalue weighted by Crippen LogP contribution is -2.02. The van der Waals surface area contributed by atoms with Crippen molar-refractivity contribution >= 4 is 43.2 Å². The second kappa shape index (κ2) is 5.48. The van der Waals surface area contributed by atoms with Gasteiger partial charge in [-0.25, -0.2) is 0 Å². The zero-order valence-electron chi connectivity index (χ0n) is 11.0. The fraction of sp³-hybridized carbons (Fsp3) is 0.333. The van der Waals surface area contributed by atoms with Gasteiger partial charge in [-0.2, -0.15) is 0 Å². The topological polar surface area (TPSA) is 0 Å². The van der Waals surface area contributed by atoms with Crippen molar-refractivity contribution in [2.24, 2.45) is 0 Å². The van der Waals surface area contributed by atoms with Gasteiger partial charge in [0.05, 0.1) is 8.61 Å². The second-order valence-corrected chi connectivity index (χ2v) is 7.93. The van der Waals surface area contributed by atoms with Crippen molar-refractivity contribution in [3.8, 4) is 0 Å². The average molecular weight is 388 g/mol. The van der Waals surface area contributed by atoms with Gasteiger partial charge >= 0.3 is 0 Å². The molecule has 0 fully saturated rings. The predicted octanol–water partition coefficient (Wildman–Crippen LogP) is 6.23. The standard InChI is InChI=1S/C15H16Br2S/c1-8-5-9(2)11(4)14(10(8)3)15(17)12-6-13(16)18-7-12/h5-7,15H,1-4H3. The fourth-order valence-corrected chi connectivity index (χ4v) is 4.58. The van der Waals surface area contributed by atoms with Crippen molar-refractivity contribution < 1.29 is 0 Å². The third-order valence-electron chi connectivity index (χ3n) is 3.56. The molecule has 0 saturated heterocycles. The van der Waals surface area contributed by atoms with Crippen LogP contribution in [0.25, 0.3) is 0 Å². The van der Waals surface area contributed by atoms with Gasteiger partial charge in [0.25, 0.3) is 0 Å². The molecule has 0 nitrogen and oxygen atoms in total. The summed E-state index contributed by atoms with van der Waals surface area (Å²) in [5.74, 6) is 0. The van der Waals surface area contributed by atoms with E-state index >= 15 is 0 Å². The smallest absolute Gasteiger partial charge is 0.0701 e. The fourth-order valence-electron chi connectivity index (χ4n) is 2.25. The van der Waals surface area contributed by atoms with E-state index in [1.807, 2.05) is 0 Å². The lowest BCUT2D eigenvalue weighted by molar-refractivity contribution is 1.08. The summed E-state index contributed by atoms with van der Waals surface area (Å²) in [5, 5.41) is 2.21. The molecule has 3 heteroatoms. The zero-order valence-corrected chi connectivity index (χ0v) is 15.0. The number of alkyl halides is 1. The molecule has 1 aromatic heterocycles. The summed E-state index contributed by atoms with van der Waals surface area (Å²) in [7, 11) is 0. The highest BCUT2D eigenvalue weighted by Crippen LogP contribution is 2.39. The molecule has 1 unspecified atom stereocenters. The quantitative estimate of drug-likeness (QED) is 0.535. The molecular formula is C15H16Br2S. The summed E-state index contributed by atoms with van der Waals surface area (Å²) in [5.41, 5.74) is 8.25. The van der Waals surface area contributed by atoms with E-state index in [4.69, 9.17) is 0 Å². The Morgan fingerprint density at radius 3 is 2.00 bits per heavy atom. The molecule has 96 valence electrons. The van der Waals surface area contributed by atoms with Gasteiger partial charge in [0.2, 0.25) is 0 Å². The second-order valence-electron chi connectivity index (χ2n) is 4.72. The van der Waals surface area contributed by atoms with Crippen LogP contribution in [0.4, 0.5) is 0 Å². The Hall–Kier alpha value is -0.120. The first-order valence-electron chi connectivity index (χ1n) is 5.87. The molecule has 1 aromatic carbocycles. The molecular weight excluding hydrogens is 372 g/mol. The van der Waals surface area contributed by atoms with Crippen LogP contribution < -0.4 is 0 Å². The van der Waals surface area contributed by atoms with Crippen molar-refractivity contribution in [3.63, 3.8) is 0 Å². The number of rotatable bonds is 2. The van der Waals surface area contributed by atoms with Crippen LogP contribution in [-0.2, 0) is 0 Å². The zero-order chi connectivity index (χ0) is 13.4. The Bertz CT molecular complexity index is 558. The third-order valence-corrected chi connectivity index (χ3v) is 6.07. The van der Waals surface area contributed by atoms with Crippen LogP contribution in [0.1, 0.15) is 38.2 Å². The number of hydrogen-bond donors (Lipinski definition) is 0. The molecule has 1 heterocycles. The summed E-state index contributed by atoms with van der Waals surface area (Å²) in [4.78, 5) is 0.277. The summed E-state index contributed by atoms with van der Waals surface area (Å²) < 4.78 is 1.18. The van der Waals surface area contributed by atoms with Crippen molar-refractivity contribution in [1.29, 1.82) is 0 Å². The summed E-state index contributed by atoms with van der Waals surface area (Å²) in [6, 6.07) is 4.47. The van der Waals surface area contributed by atoms with Gasteiger partial charge in [0, 0.05) is 0 Å². The van der Waals surface area contributed by atoms with Gasteiger partial charge in [0.15, 0.2) is 0 Å². The normalized spacial score (nSPS) is 12.8. The molecule has 0 N–H and O–H groups in total. The van der Waals surface area contributed by atoms with Crippen LogP contribution in [0.15, 0.2) is 21.3 Å². The average Bonchev–Trinajstić information content (AvgIpc) is 2.73. The van der Waals surface area contributed by atoms with E-state index in [1.54, 1.807) is 11.3 Å². The minimum absolute atomic E-state index is 0.277. The molecule has 0 aliphatic carbocycles. The number of hydrogen-bond acceptors (Lipinski definition) is 1. The molecule has 1 atom stereocenters. The molecule has 0 radical (unpaired) electrons. The van der Waals surface area contributed by atoms with Gasteiger partial charge in [-0.1, -0.05) is 22.0 Å². The number of aryl methyl sites for hydroxylation is 2. The van der Waals surface area contributed by atoms with Crippen LogP contribution in [-0.4, -0.2) is 0 Å². The van der Waals surface area contributed by atoms with Gasteiger partial charge in [0.1, 0.15) is 0 Å². The van der Waals surface area contributed by atoms with Crippen molar-refractivity contribution in [3.05, 3.63) is 54.7 Å². The third kappa shape index (κ3) is 2.59. The van der Waals surface area contributed by atoms with Crippen LogP contribution in [0.3, 0.4) is 0 Å². The minimum atomic E-state index is 0.277. The maximum atomic E-state index is 3.86.